The number of halogens is 5. The van der Waals surface area contributed by atoms with E-state index in [1.54, 1.807) is 0 Å². The third-order valence-corrected chi connectivity index (χ3v) is 3.03. The minimum atomic E-state index is -4.87. The Morgan fingerprint density at radius 2 is 2.00 bits per heavy atom. The first-order valence-electron chi connectivity index (χ1n) is 4.90. The maximum Gasteiger partial charge on any atom is 0.446 e. The van der Waals surface area contributed by atoms with E-state index in [1.165, 1.54) is 6.07 Å². The second-order valence-corrected chi connectivity index (χ2v) is 4.43. The number of methoxy groups -OCH3 is 1. The molecule has 0 aliphatic rings. The number of nitrogens with zero attached hydrogens (tertiary/aromatic N) is 1. The quantitative estimate of drug-likeness (QED) is 0.483. The summed E-state index contributed by atoms with van der Waals surface area (Å²) in [6, 6.07) is 3.10. The Balaban J connectivity index is 3.58. The topological polar surface area (TPSA) is 50.1 Å². The van der Waals surface area contributed by atoms with Crippen molar-refractivity contribution in [3.63, 3.8) is 0 Å². The summed E-state index contributed by atoms with van der Waals surface area (Å²) in [5, 5.41) is 8.72. The Bertz CT molecular complexity index is 565. The Hall–Kier alpha value is -1.82. The minimum absolute atomic E-state index is 0.588. The third kappa shape index (κ3) is 3.60. The Labute approximate surface area is 114 Å². The molecule has 0 aromatic heterocycles. The zero-order chi connectivity index (χ0) is 15.5. The predicted octanol–water partition coefficient (Wildman–Crippen LogP) is 3.89. The number of esters is 1. The van der Waals surface area contributed by atoms with Gasteiger partial charge in [-0.2, -0.15) is 18.4 Å². The molecule has 1 aromatic rings. The molecule has 0 spiro atoms. The summed E-state index contributed by atoms with van der Waals surface area (Å²) >= 11 is -0.861. The average molecular weight is 311 g/mol. The number of hydrogen-bond donors (Lipinski definition) is 0. The van der Waals surface area contributed by atoms with Crippen LogP contribution in [0.5, 0.6) is 0 Å². The molecule has 0 unspecified atom stereocenters. The van der Waals surface area contributed by atoms with Gasteiger partial charge in [-0.25, -0.2) is 13.6 Å². The van der Waals surface area contributed by atoms with E-state index in [2.05, 4.69) is 4.74 Å². The van der Waals surface area contributed by atoms with Crippen LogP contribution in [0.15, 0.2) is 17.0 Å². The fourth-order valence-electron chi connectivity index (χ4n) is 1.42. The first-order chi connectivity index (χ1) is 9.21. The lowest BCUT2D eigenvalue weighted by molar-refractivity contribution is -0.0329. The van der Waals surface area contributed by atoms with Gasteiger partial charge in [0.25, 0.3) is 6.43 Å². The molecule has 0 fully saturated rings. The molecular weight excluding hydrogens is 305 g/mol. The second kappa shape index (κ2) is 6.09. The molecule has 0 N–H and O–H groups in total. The number of rotatable bonds is 3. The lowest BCUT2D eigenvalue weighted by Crippen LogP contribution is -2.10. The fourth-order valence-corrected chi connectivity index (χ4v) is 2.18. The molecule has 0 bridgehead atoms. The van der Waals surface area contributed by atoms with Crippen LogP contribution < -0.4 is 0 Å². The van der Waals surface area contributed by atoms with Gasteiger partial charge in [0.1, 0.15) is 6.07 Å². The standard InChI is InChI=1S/C11H6F5NO2S/c1-19-10(18)6-3-2-5(4-17)8(7(6)9(12)13)20-11(14,15)16/h2-3,9H,1H3. The molecule has 0 atom stereocenters. The van der Waals surface area contributed by atoms with Gasteiger partial charge in [0.15, 0.2) is 0 Å². The van der Waals surface area contributed by atoms with Crippen LogP contribution in [-0.4, -0.2) is 18.6 Å². The highest BCUT2D eigenvalue weighted by molar-refractivity contribution is 8.00. The van der Waals surface area contributed by atoms with Gasteiger partial charge in [0.2, 0.25) is 0 Å². The van der Waals surface area contributed by atoms with Gasteiger partial charge in [-0.05, 0) is 23.9 Å². The zero-order valence-electron chi connectivity index (χ0n) is 9.79. The second-order valence-electron chi connectivity index (χ2n) is 3.36. The van der Waals surface area contributed by atoms with Gasteiger partial charge in [0, 0.05) is 10.5 Å². The number of nitriles is 1. The summed E-state index contributed by atoms with van der Waals surface area (Å²) in [6.45, 7) is 0. The van der Waals surface area contributed by atoms with Gasteiger partial charge < -0.3 is 4.74 Å². The molecule has 1 aromatic carbocycles. The summed E-state index contributed by atoms with van der Waals surface area (Å²) in [7, 11) is 0.909. The van der Waals surface area contributed by atoms with E-state index in [4.69, 9.17) is 5.26 Å². The van der Waals surface area contributed by atoms with Crippen molar-refractivity contribution in [2.45, 2.75) is 16.8 Å². The first-order valence-corrected chi connectivity index (χ1v) is 5.72. The van der Waals surface area contributed by atoms with Crippen molar-refractivity contribution in [1.82, 2.24) is 0 Å². The van der Waals surface area contributed by atoms with Crippen LogP contribution in [0, 0.1) is 11.3 Å². The number of carbonyl (C=O) groups excluding carboxylic acids is 1. The maximum atomic E-state index is 13.0. The van der Waals surface area contributed by atoms with Crippen molar-refractivity contribution < 1.29 is 31.5 Å². The van der Waals surface area contributed by atoms with Gasteiger partial charge in [0.05, 0.1) is 18.2 Å². The number of thioether (sulfide) groups is 1. The molecule has 108 valence electrons. The monoisotopic (exact) mass is 311 g/mol. The summed E-state index contributed by atoms with van der Waals surface area (Å²) in [5.41, 5.74) is -7.31. The van der Waals surface area contributed by atoms with Crippen LogP contribution in [0.4, 0.5) is 22.0 Å². The molecule has 9 heteroatoms. The highest BCUT2D eigenvalue weighted by atomic mass is 32.2. The predicted molar refractivity (Wildman–Crippen MR) is 59.4 cm³/mol. The van der Waals surface area contributed by atoms with E-state index >= 15 is 0 Å². The van der Waals surface area contributed by atoms with Gasteiger partial charge in [-0.1, -0.05) is 0 Å². The molecule has 3 nitrogen and oxygen atoms in total. The SMILES string of the molecule is COC(=O)c1ccc(C#N)c(SC(F)(F)F)c1C(F)F. The minimum Gasteiger partial charge on any atom is -0.465 e. The number of alkyl halides is 5. The van der Waals surface area contributed by atoms with Crippen LogP contribution in [-0.2, 0) is 4.74 Å². The number of ether oxygens (including phenoxy) is 1. The van der Waals surface area contributed by atoms with Crippen molar-refractivity contribution in [3.8, 4) is 6.07 Å². The van der Waals surface area contributed by atoms with Crippen molar-refractivity contribution >= 4 is 17.7 Å². The summed E-state index contributed by atoms with van der Waals surface area (Å²) in [6.07, 6.45) is -3.36. The Morgan fingerprint density at radius 3 is 2.40 bits per heavy atom. The molecule has 0 heterocycles. The Kier molecular flexibility index (Phi) is 4.94. The summed E-state index contributed by atoms with van der Waals surface area (Å²) in [4.78, 5) is 10.3. The van der Waals surface area contributed by atoms with E-state index in [-0.39, 0.29) is 0 Å². The largest absolute Gasteiger partial charge is 0.465 e. The van der Waals surface area contributed by atoms with Crippen molar-refractivity contribution in [2.24, 2.45) is 0 Å². The van der Waals surface area contributed by atoms with E-state index in [0.717, 1.165) is 19.2 Å². The van der Waals surface area contributed by atoms with Crippen molar-refractivity contribution in [1.29, 1.82) is 5.26 Å². The summed E-state index contributed by atoms with van der Waals surface area (Å²) < 4.78 is 67.4. The molecule has 0 aliphatic heterocycles. The molecule has 1 rings (SSSR count). The number of hydrogen-bond acceptors (Lipinski definition) is 4. The Morgan fingerprint density at radius 1 is 1.40 bits per heavy atom. The van der Waals surface area contributed by atoms with Crippen molar-refractivity contribution in [3.05, 3.63) is 28.8 Å². The van der Waals surface area contributed by atoms with E-state index in [9.17, 15) is 26.7 Å². The third-order valence-electron chi connectivity index (χ3n) is 2.16. The molecule has 0 radical (unpaired) electrons. The van der Waals surface area contributed by atoms with E-state index in [1.807, 2.05) is 0 Å². The average Bonchev–Trinajstić information content (AvgIpc) is 2.35. The van der Waals surface area contributed by atoms with E-state index < -0.39 is 51.3 Å². The van der Waals surface area contributed by atoms with Crippen LogP contribution in [0.3, 0.4) is 0 Å². The van der Waals surface area contributed by atoms with Gasteiger partial charge >= 0.3 is 11.5 Å². The fraction of sp³-hybridized carbons (Fsp3) is 0.273. The molecular formula is C11H6F5NO2S. The molecule has 0 aliphatic carbocycles. The lowest BCUT2D eigenvalue weighted by Gasteiger charge is -2.15. The zero-order valence-corrected chi connectivity index (χ0v) is 10.6. The smallest absolute Gasteiger partial charge is 0.446 e. The molecule has 0 saturated heterocycles. The van der Waals surface area contributed by atoms with Crippen LogP contribution in [0.1, 0.15) is 27.9 Å². The van der Waals surface area contributed by atoms with Crippen LogP contribution in [0.2, 0.25) is 0 Å². The van der Waals surface area contributed by atoms with Crippen molar-refractivity contribution in [2.75, 3.05) is 7.11 Å². The number of benzene rings is 1. The van der Waals surface area contributed by atoms with Gasteiger partial charge in [-0.15, -0.1) is 0 Å². The molecule has 0 saturated carbocycles. The summed E-state index contributed by atoms with van der Waals surface area (Å²) in [5.74, 6) is -1.20. The highest BCUT2D eigenvalue weighted by Crippen LogP contribution is 2.44. The lowest BCUT2D eigenvalue weighted by atomic mass is 10.0. The molecule has 0 amide bonds. The normalized spacial score (nSPS) is 11.3. The van der Waals surface area contributed by atoms with Crippen LogP contribution in [0.25, 0.3) is 0 Å². The van der Waals surface area contributed by atoms with E-state index in [0.29, 0.717) is 0 Å². The number of carbonyl (C=O) groups is 1. The maximum absolute atomic E-state index is 13.0. The van der Waals surface area contributed by atoms with Gasteiger partial charge in [-0.3, -0.25) is 0 Å². The van der Waals surface area contributed by atoms with Crippen LogP contribution >= 0.6 is 11.8 Å². The molecule has 20 heavy (non-hydrogen) atoms. The highest BCUT2D eigenvalue weighted by Gasteiger charge is 2.35. The first kappa shape index (κ1) is 16.2.